The second kappa shape index (κ2) is 9.28. The van der Waals surface area contributed by atoms with Gasteiger partial charge in [0.15, 0.2) is 6.61 Å². The van der Waals surface area contributed by atoms with E-state index in [1.807, 2.05) is 12.1 Å². The molecule has 1 amide bonds. The topological polar surface area (TPSA) is 72.5 Å². The number of ketones is 1. The summed E-state index contributed by atoms with van der Waals surface area (Å²) >= 11 is 4.57. The van der Waals surface area contributed by atoms with Crippen LogP contribution in [0, 0.1) is 0 Å². The van der Waals surface area contributed by atoms with E-state index in [-0.39, 0.29) is 36.7 Å². The van der Waals surface area contributed by atoms with Gasteiger partial charge in [-0.25, -0.2) is 0 Å². The Morgan fingerprint density at radius 2 is 1.74 bits per heavy atom. The van der Waals surface area contributed by atoms with Crippen LogP contribution in [0.4, 0.5) is 0 Å². The molecule has 144 valence electrons. The molecule has 0 aliphatic carbocycles. The minimum Gasteiger partial charge on any atom is -0.457 e. The van der Waals surface area contributed by atoms with Crippen molar-refractivity contribution in [2.24, 2.45) is 0 Å². The number of nitrogens with one attached hydrogen (secondary N) is 1. The number of hydrogen-bond donors (Lipinski definition) is 1. The van der Waals surface area contributed by atoms with E-state index in [0.29, 0.717) is 10.4 Å². The van der Waals surface area contributed by atoms with E-state index in [9.17, 15) is 14.4 Å². The number of Topliss-reactive ketones (excluding diaryl/α,β-unsaturated/α-hetero) is 1. The number of carbonyl (C=O) groups excluding carboxylic acids is 3. The Balaban J connectivity index is 1.72. The van der Waals surface area contributed by atoms with Gasteiger partial charge in [-0.1, -0.05) is 32.9 Å². The van der Waals surface area contributed by atoms with Crippen molar-refractivity contribution in [3.05, 3.63) is 56.2 Å². The molecule has 0 saturated carbocycles. The fourth-order valence-corrected chi connectivity index (χ4v) is 3.57. The van der Waals surface area contributed by atoms with Gasteiger partial charge in [0.1, 0.15) is 0 Å². The second-order valence-corrected chi connectivity index (χ2v) is 9.48. The number of halogens is 1. The van der Waals surface area contributed by atoms with Crippen LogP contribution >= 0.6 is 27.3 Å². The summed E-state index contributed by atoms with van der Waals surface area (Å²) in [5.74, 6) is -1.02. The van der Waals surface area contributed by atoms with Crippen LogP contribution in [0.2, 0.25) is 0 Å². The number of ether oxygens (including phenoxy) is 1. The van der Waals surface area contributed by atoms with Crippen molar-refractivity contribution in [2.45, 2.75) is 32.6 Å². The molecule has 0 unspecified atom stereocenters. The number of thiophene rings is 1. The van der Waals surface area contributed by atoms with Crippen molar-refractivity contribution < 1.29 is 19.1 Å². The highest BCUT2D eigenvalue weighted by Gasteiger charge is 2.15. The summed E-state index contributed by atoms with van der Waals surface area (Å²) in [6.07, 6.45) is 0.00717. The molecule has 0 aliphatic rings. The van der Waals surface area contributed by atoms with Crippen LogP contribution in [0.5, 0.6) is 0 Å². The molecule has 0 fully saturated rings. The molecular weight excluding hydrogens is 430 g/mol. The first kappa shape index (κ1) is 21.3. The minimum absolute atomic E-state index is 0.00717. The highest BCUT2D eigenvalue weighted by molar-refractivity contribution is 9.11. The van der Waals surface area contributed by atoms with E-state index in [4.69, 9.17) is 4.74 Å². The number of amides is 1. The Morgan fingerprint density at radius 3 is 2.30 bits per heavy atom. The lowest BCUT2D eigenvalue weighted by Gasteiger charge is -2.19. The van der Waals surface area contributed by atoms with E-state index in [1.165, 1.54) is 11.3 Å². The fraction of sp³-hybridized carbons (Fsp3) is 0.350. The first-order valence-corrected chi connectivity index (χ1v) is 10.1. The maximum Gasteiger partial charge on any atom is 0.308 e. The first-order valence-electron chi connectivity index (χ1n) is 8.50. The summed E-state index contributed by atoms with van der Waals surface area (Å²) in [6.45, 7) is 6.17. The average Bonchev–Trinajstić information content (AvgIpc) is 3.05. The van der Waals surface area contributed by atoms with E-state index < -0.39 is 5.97 Å². The third-order valence-corrected chi connectivity index (χ3v) is 5.50. The molecule has 1 N–H and O–H groups in total. The maximum absolute atomic E-state index is 12.1. The number of hydrogen-bond acceptors (Lipinski definition) is 5. The Labute approximate surface area is 171 Å². The summed E-state index contributed by atoms with van der Waals surface area (Å²) in [5.41, 5.74) is 1.70. The van der Waals surface area contributed by atoms with Crippen molar-refractivity contribution in [1.82, 2.24) is 5.32 Å². The smallest absolute Gasteiger partial charge is 0.308 e. The van der Waals surface area contributed by atoms with Gasteiger partial charge in [0, 0.05) is 12.1 Å². The van der Waals surface area contributed by atoms with Crippen LogP contribution in [-0.4, -0.2) is 30.8 Å². The molecule has 2 aromatic rings. The largest absolute Gasteiger partial charge is 0.457 e. The number of rotatable bonds is 7. The first-order chi connectivity index (χ1) is 12.7. The third-order valence-electron chi connectivity index (χ3n) is 3.84. The van der Waals surface area contributed by atoms with Gasteiger partial charge in [0.05, 0.1) is 15.1 Å². The van der Waals surface area contributed by atoms with Crippen LogP contribution in [0.3, 0.4) is 0 Å². The predicted octanol–water partition coefficient (Wildman–Crippen LogP) is 4.35. The zero-order valence-electron chi connectivity index (χ0n) is 15.5. The molecule has 1 heterocycles. The number of esters is 1. The molecule has 0 bridgehead atoms. The standard InChI is InChI=1S/C20H22BrNO4S/c1-20(2,3)14-6-4-13(5-7-14)19(25)22-11-10-18(24)26-12-15(23)16-8-9-17(21)27-16/h4-9H,10-12H2,1-3H3,(H,22,25). The van der Waals surface area contributed by atoms with Crippen molar-refractivity contribution in [1.29, 1.82) is 0 Å². The van der Waals surface area contributed by atoms with Crippen LogP contribution in [0.15, 0.2) is 40.2 Å². The molecule has 5 nitrogen and oxygen atoms in total. The van der Waals surface area contributed by atoms with E-state index in [2.05, 4.69) is 42.0 Å². The van der Waals surface area contributed by atoms with Gasteiger partial charge in [-0.15, -0.1) is 11.3 Å². The highest BCUT2D eigenvalue weighted by Crippen LogP contribution is 2.23. The van der Waals surface area contributed by atoms with Crippen molar-refractivity contribution >= 4 is 44.9 Å². The summed E-state index contributed by atoms with van der Waals surface area (Å²) in [7, 11) is 0. The Kier molecular flexibility index (Phi) is 7.33. The SMILES string of the molecule is CC(C)(C)c1ccc(C(=O)NCCC(=O)OCC(=O)c2ccc(Br)s2)cc1. The minimum atomic E-state index is -0.526. The van der Waals surface area contributed by atoms with Gasteiger partial charge in [0.25, 0.3) is 5.91 Å². The summed E-state index contributed by atoms with van der Waals surface area (Å²) in [5, 5.41) is 2.68. The second-order valence-electron chi connectivity index (χ2n) is 7.02. The van der Waals surface area contributed by atoms with E-state index in [1.54, 1.807) is 24.3 Å². The molecule has 0 atom stereocenters. The molecule has 1 aromatic heterocycles. The molecule has 1 aromatic carbocycles. The Hall–Kier alpha value is -1.99. The molecule has 0 aliphatic heterocycles. The summed E-state index contributed by atoms with van der Waals surface area (Å²) < 4.78 is 5.80. The van der Waals surface area contributed by atoms with Gasteiger partial charge in [-0.3, -0.25) is 14.4 Å². The lowest BCUT2D eigenvalue weighted by atomic mass is 9.87. The maximum atomic E-state index is 12.1. The zero-order valence-corrected chi connectivity index (χ0v) is 17.9. The van der Waals surface area contributed by atoms with Crippen molar-refractivity contribution in [3.63, 3.8) is 0 Å². The van der Waals surface area contributed by atoms with E-state index >= 15 is 0 Å². The van der Waals surface area contributed by atoms with Gasteiger partial charge in [0.2, 0.25) is 5.78 Å². The molecular formula is C20H22BrNO4S. The molecule has 0 saturated heterocycles. The van der Waals surface area contributed by atoms with Crippen molar-refractivity contribution in [3.8, 4) is 0 Å². The Morgan fingerprint density at radius 1 is 1.07 bits per heavy atom. The lowest BCUT2D eigenvalue weighted by Crippen LogP contribution is -2.27. The van der Waals surface area contributed by atoms with Crippen LogP contribution in [0.1, 0.15) is 52.8 Å². The zero-order chi connectivity index (χ0) is 20.0. The quantitative estimate of drug-likeness (QED) is 0.501. The predicted molar refractivity (Wildman–Crippen MR) is 109 cm³/mol. The molecule has 2 rings (SSSR count). The molecule has 27 heavy (non-hydrogen) atoms. The van der Waals surface area contributed by atoms with Gasteiger partial charge >= 0.3 is 5.97 Å². The third kappa shape index (κ3) is 6.59. The van der Waals surface area contributed by atoms with Gasteiger partial charge in [-0.05, 0) is 51.2 Å². The van der Waals surface area contributed by atoms with Crippen LogP contribution in [-0.2, 0) is 14.9 Å². The Bertz CT molecular complexity index is 821. The van der Waals surface area contributed by atoms with E-state index in [0.717, 1.165) is 9.35 Å². The summed E-state index contributed by atoms with van der Waals surface area (Å²) in [4.78, 5) is 36.2. The fourth-order valence-electron chi connectivity index (χ4n) is 2.26. The molecule has 0 spiro atoms. The normalized spacial score (nSPS) is 11.1. The average molecular weight is 452 g/mol. The monoisotopic (exact) mass is 451 g/mol. The van der Waals surface area contributed by atoms with Gasteiger partial charge in [-0.2, -0.15) is 0 Å². The molecule has 7 heteroatoms. The molecule has 0 radical (unpaired) electrons. The van der Waals surface area contributed by atoms with Gasteiger partial charge < -0.3 is 10.1 Å². The van der Waals surface area contributed by atoms with Crippen molar-refractivity contribution in [2.75, 3.05) is 13.2 Å². The number of benzene rings is 1. The van der Waals surface area contributed by atoms with Crippen LogP contribution < -0.4 is 5.32 Å². The van der Waals surface area contributed by atoms with Crippen LogP contribution in [0.25, 0.3) is 0 Å². The highest BCUT2D eigenvalue weighted by atomic mass is 79.9. The number of carbonyl (C=O) groups is 3. The lowest BCUT2D eigenvalue weighted by molar-refractivity contribution is -0.142. The summed E-state index contributed by atoms with van der Waals surface area (Å²) in [6, 6.07) is 10.8.